The molecule has 0 spiro atoms. The number of hydrogen-bond donors (Lipinski definition) is 1. The molecule has 5 nitrogen and oxygen atoms in total. The van der Waals surface area contributed by atoms with Gasteiger partial charge in [0.15, 0.2) is 11.2 Å². The number of Topliss-reactive ketones (excluding diaryl/α,β-unsaturated/α-hetero) is 1. The highest BCUT2D eigenvalue weighted by Crippen LogP contribution is 2.31. The fourth-order valence-electron chi connectivity index (χ4n) is 2.36. The Balaban J connectivity index is 2.28. The van der Waals surface area contributed by atoms with Gasteiger partial charge in [-0.2, -0.15) is 0 Å². The number of carbonyl (C=O) groups excluding carboxylic acids is 2. The van der Waals surface area contributed by atoms with Crippen LogP contribution in [0.4, 0.5) is 0 Å². The van der Waals surface area contributed by atoms with Gasteiger partial charge in [-0.25, -0.2) is 0 Å². The van der Waals surface area contributed by atoms with E-state index in [-0.39, 0.29) is 37.6 Å². The van der Waals surface area contributed by atoms with E-state index in [1.807, 2.05) is 0 Å². The summed E-state index contributed by atoms with van der Waals surface area (Å²) in [6.07, 6.45) is 0.446. The number of ether oxygens (including phenoxy) is 2. The number of esters is 1. The van der Waals surface area contributed by atoms with Crippen LogP contribution in [0, 0.1) is 5.41 Å². The molecule has 1 aliphatic heterocycles. The van der Waals surface area contributed by atoms with E-state index >= 15 is 0 Å². The second-order valence-electron chi connectivity index (χ2n) is 4.87. The Morgan fingerprint density at radius 2 is 2.10 bits per heavy atom. The molecule has 1 saturated heterocycles. The largest absolute Gasteiger partial charge is 0.508 e. The van der Waals surface area contributed by atoms with Gasteiger partial charge in [-0.05, 0) is 31.0 Å². The highest BCUT2D eigenvalue weighted by atomic mass is 16.5. The van der Waals surface area contributed by atoms with Crippen LogP contribution >= 0.6 is 0 Å². The predicted octanol–water partition coefficient (Wildman–Crippen LogP) is 1.47. The Morgan fingerprint density at radius 1 is 1.40 bits per heavy atom. The van der Waals surface area contributed by atoms with Gasteiger partial charge in [-0.3, -0.25) is 9.59 Å². The number of aromatic hydroxyl groups is 1. The smallest absolute Gasteiger partial charge is 0.322 e. The van der Waals surface area contributed by atoms with Crippen LogP contribution < -0.4 is 0 Å². The third-order valence-corrected chi connectivity index (χ3v) is 3.46. The molecule has 2 rings (SSSR count). The fourth-order valence-corrected chi connectivity index (χ4v) is 2.36. The van der Waals surface area contributed by atoms with Gasteiger partial charge in [0.05, 0.1) is 19.8 Å². The molecule has 0 aliphatic carbocycles. The molecular weight excluding hydrogens is 260 g/mol. The van der Waals surface area contributed by atoms with Crippen molar-refractivity contribution in [2.75, 3.05) is 19.8 Å². The number of rotatable bonds is 4. The van der Waals surface area contributed by atoms with E-state index in [9.17, 15) is 14.7 Å². The molecule has 5 heteroatoms. The molecule has 1 heterocycles. The van der Waals surface area contributed by atoms with Crippen molar-refractivity contribution in [3.63, 3.8) is 0 Å². The summed E-state index contributed by atoms with van der Waals surface area (Å²) in [6, 6.07) is 6.45. The van der Waals surface area contributed by atoms with Gasteiger partial charge < -0.3 is 14.6 Å². The van der Waals surface area contributed by atoms with Crippen molar-refractivity contribution in [3.05, 3.63) is 29.8 Å². The molecule has 1 fully saturated rings. The fraction of sp³-hybridized carbons (Fsp3) is 0.467. The third kappa shape index (κ3) is 2.82. The number of phenols is 1. The zero-order chi connectivity index (χ0) is 14.6. The molecule has 0 bridgehead atoms. The molecule has 0 saturated carbocycles. The first-order valence-corrected chi connectivity index (χ1v) is 6.64. The highest BCUT2D eigenvalue weighted by Gasteiger charge is 2.48. The maximum atomic E-state index is 12.3. The van der Waals surface area contributed by atoms with E-state index in [0.29, 0.717) is 6.61 Å². The van der Waals surface area contributed by atoms with Crippen molar-refractivity contribution in [1.29, 1.82) is 0 Å². The summed E-state index contributed by atoms with van der Waals surface area (Å²) >= 11 is 0. The summed E-state index contributed by atoms with van der Waals surface area (Å²) < 4.78 is 10.4. The van der Waals surface area contributed by atoms with Gasteiger partial charge in [-0.15, -0.1) is 0 Å². The Morgan fingerprint density at radius 3 is 2.70 bits per heavy atom. The lowest BCUT2D eigenvalue weighted by atomic mass is 9.76. The van der Waals surface area contributed by atoms with Crippen molar-refractivity contribution in [2.45, 2.75) is 19.8 Å². The van der Waals surface area contributed by atoms with Crippen molar-refractivity contribution < 1.29 is 24.2 Å². The maximum absolute atomic E-state index is 12.3. The average molecular weight is 278 g/mol. The number of benzene rings is 1. The van der Waals surface area contributed by atoms with E-state index in [1.54, 1.807) is 19.1 Å². The van der Waals surface area contributed by atoms with Crippen LogP contribution in [0.5, 0.6) is 5.75 Å². The number of ketones is 1. The first-order valence-electron chi connectivity index (χ1n) is 6.64. The molecule has 1 N–H and O–H groups in total. The van der Waals surface area contributed by atoms with Crippen molar-refractivity contribution in [2.24, 2.45) is 5.41 Å². The predicted molar refractivity (Wildman–Crippen MR) is 71.3 cm³/mol. The Hall–Kier alpha value is -1.88. The number of hydrogen-bond acceptors (Lipinski definition) is 5. The van der Waals surface area contributed by atoms with E-state index in [0.717, 1.165) is 5.56 Å². The van der Waals surface area contributed by atoms with Gasteiger partial charge in [0.25, 0.3) is 0 Å². The van der Waals surface area contributed by atoms with Gasteiger partial charge >= 0.3 is 5.97 Å². The lowest BCUT2D eigenvalue weighted by molar-refractivity contribution is -0.169. The van der Waals surface area contributed by atoms with Crippen LogP contribution in [-0.2, 0) is 25.5 Å². The molecule has 0 amide bonds. The van der Waals surface area contributed by atoms with E-state index in [4.69, 9.17) is 9.47 Å². The minimum absolute atomic E-state index is 0.0472. The summed E-state index contributed by atoms with van der Waals surface area (Å²) in [5.41, 5.74) is -0.472. The van der Waals surface area contributed by atoms with Crippen LogP contribution in [0.1, 0.15) is 18.9 Å². The molecule has 0 radical (unpaired) electrons. The van der Waals surface area contributed by atoms with Crippen LogP contribution in [0.2, 0.25) is 0 Å². The molecule has 20 heavy (non-hydrogen) atoms. The van der Waals surface area contributed by atoms with Crippen LogP contribution in [-0.4, -0.2) is 36.7 Å². The second kappa shape index (κ2) is 6.05. The minimum Gasteiger partial charge on any atom is -0.508 e. The first kappa shape index (κ1) is 14.5. The van der Waals surface area contributed by atoms with Gasteiger partial charge in [-0.1, -0.05) is 12.1 Å². The van der Waals surface area contributed by atoms with Crippen LogP contribution in [0.3, 0.4) is 0 Å². The molecule has 1 aromatic rings. The summed E-state index contributed by atoms with van der Waals surface area (Å²) in [5.74, 6) is -0.529. The Bertz CT molecular complexity index is 493. The molecule has 1 aliphatic rings. The molecule has 1 atom stereocenters. The molecule has 0 aromatic heterocycles. The average Bonchev–Trinajstić information content (AvgIpc) is 2.44. The van der Waals surface area contributed by atoms with Gasteiger partial charge in [0.2, 0.25) is 0 Å². The van der Waals surface area contributed by atoms with Gasteiger partial charge in [0, 0.05) is 6.42 Å². The van der Waals surface area contributed by atoms with E-state index in [2.05, 4.69) is 0 Å². The standard InChI is InChI=1S/C15H18O5/c1-2-20-14(18)15(10-19-8-7-13(15)17)9-11-3-5-12(16)6-4-11/h3-6,16H,2,7-10H2,1H3. The zero-order valence-corrected chi connectivity index (χ0v) is 11.4. The van der Waals surface area contributed by atoms with E-state index in [1.165, 1.54) is 12.1 Å². The van der Waals surface area contributed by atoms with Crippen molar-refractivity contribution >= 4 is 11.8 Å². The monoisotopic (exact) mass is 278 g/mol. The minimum atomic E-state index is -1.26. The summed E-state index contributed by atoms with van der Waals surface area (Å²) in [4.78, 5) is 24.5. The topological polar surface area (TPSA) is 72.8 Å². The lowest BCUT2D eigenvalue weighted by Gasteiger charge is -2.33. The Kier molecular flexibility index (Phi) is 4.39. The van der Waals surface area contributed by atoms with E-state index < -0.39 is 11.4 Å². The molecule has 1 unspecified atom stereocenters. The summed E-state index contributed by atoms with van der Waals surface area (Å²) in [5, 5.41) is 9.29. The SMILES string of the molecule is CCOC(=O)C1(Cc2ccc(O)cc2)COCCC1=O. The Labute approximate surface area is 117 Å². The van der Waals surface area contributed by atoms with Gasteiger partial charge in [0.1, 0.15) is 5.75 Å². The lowest BCUT2D eigenvalue weighted by Crippen LogP contribution is -2.49. The summed E-state index contributed by atoms with van der Waals surface area (Å²) in [7, 11) is 0. The molecule has 1 aromatic carbocycles. The zero-order valence-electron chi connectivity index (χ0n) is 11.4. The van der Waals surface area contributed by atoms with Crippen LogP contribution in [0.25, 0.3) is 0 Å². The van der Waals surface area contributed by atoms with Crippen LogP contribution in [0.15, 0.2) is 24.3 Å². The highest BCUT2D eigenvalue weighted by molar-refractivity contribution is 6.04. The third-order valence-electron chi connectivity index (χ3n) is 3.46. The maximum Gasteiger partial charge on any atom is 0.322 e. The summed E-state index contributed by atoms with van der Waals surface area (Å²) in [6.45, 7) is 2.32. The number of phenolic OH excluding ortho intramolecular Hbond substituents is 1. The molecular formula is C15H18O5. The normalized spacial score (nSPS) is 22.6. The number of carbonyl (C=O) groups is 2. The first-order chi connectivity index (χ1) is 9.58. The quantitative estimate of drug-likeness (QED) is 0.667. The van der Waals surface area contributed by atoms with Crippen molar-refractivity contribution in [1.82, 2.24) is 0 Å². The van der Waals surface area contributed by atoms with Crippen molar-refractivity contribution in [3.8, 4) is 5.75 Å². The second-order valence-corrected chi connectivity index (χ2v) is 4.87. The molecule has 108 valence electrons.